The Morgan fingerprint density at radius 1 is 1.24 bits per heavy atom. The molecule has 0 spiro atoms. The van der Waals surface area contributed by atoms with E-state index < -0.39 is 34.9 Å². The Balaban J connectivity index is 3.20. The molecule has 0 atom stereocenters. The topological polar surface area (TPSA) is 46.2 Å². The Morgan fingerprint density at radius 2 is 1.82 bits per heavy atom. The van der Waals surface area contributed by atoms with Gasteiger partial charge in [-0.1, -0.05) is 6.07 Å². The molecule has 0 aliphatic heterocycles. The van der Waals surface area contributed by atoms with Crippen LogP contribution in [0, 0.1) is 5.82 Å². The van der Waals surface area contributed by atoms with Gasteiger partial charge in [0.1, 0.15) is 5.82 Å². The molecule has 2 amide bonds. The van der Waals surface area contributed by atoms with Gasteiger partial charge in [-0.05, 0) is 12.1 Å². The van der Waals surface area contributed by atoms with Gasteiger partial charge in [0, 0.05) is 6.92 Å². The van der Waals surface area contributed by atoms with E-state index in [9.17, 15) is 27.2 Å². The molecule has 0 fully saturated rings. The van der Waals surface area contributed by atoms with E-state index in [0.717, 1.165) is 19.1 Å². The molecule has 0 saturated carbocycles. The zero-order chi connectivity index (χ0) is 13.2. The Morgan fingerprint density at radius 3 is 2.29 bits per heavy atom. The van der Waals surface area contributed by atoms with Gasteiger partial charge in [-0.25, -0.2) is 4.39 Å². The van der Waals surface area contributed by atoms with Crippen LogP contribution < -0.4 is 5.32 Å². The van der Waals surface area contributed by atoms with Crippen molar-refractivity contribution in [2.24, 2.45) is 0 Å². The number of carbonyl (C=O) groups is 2. The monoisotopic (exact) mass is 249 g/mol. The summed E-state index contributed by atoms with van der Waals surface area (Å²) >= 11 is 0. The van der Waals surface area contributed by atoms with Gasteiger partial charge >= 0.3 is 6.18 Å². The largest absolute Gasteiger partial charge is 0.419 e. The van der Waals surface area contributed by atoms with E-state index in [-0.39, 0.29) is 0 Å². The number of halogens is 4. The predicted octanol–water partition coefficient (Wildman–Crippen LogP) is 2.12. The molecule has 0 heterocycles. The number of hydrogen-bond donors (Lipinski definition) is 1. The highest BCUT2D eigenvalue weighted by molar-refractivity contribution is 6.04. The summed E-state index contributed by atoms with van der Waals surface area (Å²) in [5, 5.41) is 1.69. The number of hydrogen-bond acceptors (Lipinski definition) is 2. The second-order valence-corrected chi connectivity index (χ2v) is 3.18. The first-order chi connectivity index (χ1) is 7.73. The van der Waals surface area contributed by atoms with Crippen molar-refractivity contribution in [3.63, 3.8) is 0 Å². The van der Waals surface area contributed by atoms with Crippen molar-refractivity contribution >= 4 is 11.8 Å². The van der Waals surface area contributed by atoms with Crippen LogP contribution in [0.15, 0.2) is 18.2 Å². The van der Waals surface area contributed by atoms with Gasteiger partial charge in [0.2, 0.25) is 5.91 Å². The molecule has 1 N–H and O–H groups in total. The summed E-state index contributed by atoms with van der Waals surface area (Å²) in [5.41, 5.74) is -2.37. The normalized spacial score (nSPS) is 11.1. The summed E-state index contributed by atoms with van der Waals surface area (Å²) in [6.07, 6.45) is -4.89. The van der Waals surface area contributed by atoms with E-state index in [1.165, 1.54) is 0 Å². The maximum atomic E-state index is 13.4. The Hall–Kier alpha value is -1.92. The van der Waals surface area contributed by atoms with Crippen molar-refractivity contribution in [1.29, 1.82) is 0 Å². The number of benzene rings is 1. The quantitative estimate of drug-likeness (QED) is 0.775. The molecule has 1 rings (SSSR count). The van der Waals surface area contributed by atoms with Crippen LogP contribution in [0.4, 0.5) is 17.6 Å². The molecule has 7 heteroatoms. The van der Waals surface area contributed by atoms with Crippen molar-refractivity contribution in [2.45, 2.75) is 13.1 Å². The van der Waals surface area contributed by atoms with Crippen LogP contribution in [-0.2, 0) is 11.0 Å². The molecule has 92 valence electrons. The molecule has 0 aromatic heterocycles. The average molecular weight is 249 g/mol. The number of amides is 2. The van der Waals surface area contributed by atoms with Crippen molar-refractivity contribution in [3.8, 4) is 0 Å². The van der Waals surface area contributed by atoms with Gasteiger partial charge in [-0.15, -0.1) is 0 Å². The number of carbonyl (C=O) groups excluding carboxylic acids is 2. The van der Waals surface area contributed by atoms with E-state index in [0.29, 0.717) is 6.07 Å². The van der Waals surface area contributed by atoms with Crippen LogP contribution in [0.1, 0.15) is 22.8 Å². The van der Waals surface area contributed by atoms with Crippen LogP contribution >= 0.6 is 0 Å². The molecule has 0 unspecified atom stereocenters. The molecule has 0 bridgehead atoms. The summed E-state index contributed by atoms with van der Waals surface area (Å²) in [7, 11) is 0. The highest BCUT2D eigenvalue weighted by atomic mass is 19.4. The second-order valence-electron chi connectivity index (χ2n) is 3.18. The van der Waals surface area contributed by atoms with E-state index in [1.807, 2.05) is 0 Å². The average Bonchev–Trinajstić information content (AvgIpc) is 2.14. The van der Waals surface area contributed by atoms with E-state index >= 15 is 0 Å². The van der Waals surface area contributed by atoms with E-state index in [4.69, 9.17) is 0 Å². The molecule has 1 aromatic carbocycles. The maximum absolute atomic E-state index is 13.4. The first-order valence-corrected chi connectivity index (χ1v) is 4.41. The first kappa shape index (κ1) is 13.1. The summed E-state index contributed by atoms with van der Waals surface area (Å²) in [6.45, 7) is 0.989. The third-order valence-electron chi connectivity index (χ3n) is 1.84. The summed E-state index contributed by atoms with van der Waals surface area (Å²) in [6, 6.07) is 2.27. The van der Waals surface area contributed by atoms with Crippen LogP contribution in [0.3, 0.4) is 0 Å². The Labute approximate surface area is 93.4 Å². The van der Waals surface area contributed by atoms with Crippen molar-refractivity contribution in [1.82, 2.24) is 5.32 Å². The van der Waals surface area contributed by atoms with Gasteiger partial charge in [-0.3, -0.25) is 14.9 Å². The number of nitrogens with one attached hydrogen (secondary N) is 1. The van der Waals surface area contributed by atoms with Gasteiger partial charge in [-0.2, -0.15) is 13.2 Å². The van der Waals surface area contributed by atoms with Gasteiger partial charge in [0.05, 0.1) is 11.1 Å². The Kier molecular flexibility index (Phi) is 3.50. The SMILES string of the molecule is CC(=O)NC(=O)c1cccc(C(F)(F)F)c1F. The fraction of sp³-hybridized carbons (Fsp3) is 0.200. The van der Waals surface area contributed by atoms with E-state index in [1.54, 1.807) is 5.32 Å². The van der Waals surface area contributed by atoms with Crippen LogP contribution in [0.2, 0.25) is 0 Å². The number of alkyl halides is 3. The third-order valence-corrected chi connectivity index (χ3v) is 1.84. The lowest BCUT2D eigenvalue weighted by Crippen LogP contribution is -2.29. The van der Waals surface area contributed by atoms with Crippen LogP contribution in [0.5, 0.6) is 0 Å². The molecule has 0 radical (unpaired) electrons. The van der Waals surface area contributed by atoms with E-state index in [2.05, 4.69) is 0 Å². The maximum Gasteiger partial charge on any atom is 0.419 e. The predicted molar refractivity (Wildman–Crippen MR) is 49.5 cm³/mol. The summed E-state index contributed by atoms with van der Waals surface area (Å²) in [5.74, 6) is -3.69. The minimum atomic E-state index is -4.89. The number of rotatable bonds is 1. The third kappa shape index (κ3) is 3.02. The Bertz CT molecular complexity index is 468. The van der Waals surface area contributed by atoms with Gasteiger partial charge < -0.3 is 0 Å². The minimum absolute atomic E-state index is 0.514. The second kappa shape index (κ2) is 4.52. The molecule has 17 heavy (non-hydrogen) atoms. The summed E-state index contributed by atoms with van der Waals surface area (Å²) < 4.78 is 50.3. The zero-order valence-electron chi connectivity index (χ0n) is 8.56. The minimum Gasteiger partial charge on any atom is -0.292 e. The van der Waals surface area contributed by atoms with Crippen molar-refractivity contribution < 1.29 is 27.2 Å². The van der Waals surface area contributed by atoms with Crippen LogP contribution in [-0.4, -0.2) is 11.8 Å². The highest BCUT2D eigenvalue weighted by Crippen LogP contribution is 2.32. The fourth-order valence-electron chi connectivity index (χ4n) is 1.15. The molecule has 0 aliphatic carbocycles. The molecular formula is C10H7F4NO2. The van der Waals surface area contributed by atoms with Gasteiger partial charge in [0.15, 0.2) is 0 Å². The molecular weight excluding hydrogens is 242 g/mol. The molecule has 1 aromatic rings. The standard InChI is InChI=1S/C10H7F4NO2/c1-5(16)15-9(17)6-3-2-4-7(8(6)11)10(12,13)14/h2-4H,1H3,(H,15,16,17). The summed E-state index contributed by atoms with van der Waals surface area (Å²) in [4.78, 5) is 21.8. The lowest BCUT2D eigenvalue weighted by Gasteiger charge is -2.10. The number of imide groups is 1. The van der Waals surface area contributed by atoms with Crippen molar-refractivity contribution in [3.05, 3.63) is 35.1 Å². The van der Waals surface area contributed by atoms with Crippen LogP contribution in [0.25, 0.3) is 0 Å². The first-order valence-electron chi connectivity index (χ1n) is 4.41. The van der Waals surface area contributed by atoms with Crippen molar-refractivity contribution in [2.75, 3.05) is 0 Å². The zero-order valence-corrected chi connectivity index (χ0v) is 8.56. The fourth-order valence-corrected chi connectivity index (χ4v) is 1.15. The van der Waals surface area contributed by atoms with Gasteiger partial charge in [0.25, 0.3) is 5.91 Å². The lowest BCUT2D eigenvalue weighted by molar-refractivity contribution is -0.140. The highest BCUT2D eigenvalue weighted by Gasteiger charge is 2.35. The molecule has 0 saturated heterocycles. The molecule has 0 aliphatic rings. The molecule has 3 nitrogen and oxygen atoms in total. The smallest absolute Gasteiger partial charge is 0.292 e. The lowest BCUT2D eigenvalue weighted by atomic mass is 10.1.